The van der Waals surface area contributed by atoms with Gasteiger partial charge in [-0.3, -0.25) is 9.69 Å². The number of anilines is 3. The van der Waals surface area contributed by atoms with Gasteiger partial charge in [0.05, 0.1) is 36.7 Å². The molecule has 2 aromatic carbocycles. The number of morpholine rings is 1. The number of carbonyl (C=O) groups is 1. The van der Waals surface area contributed by atoms with Gasteiger partial charge in [0.1, 0.15) is 0 Å². The summed E-state index contributed by atoms with van der Waals surface area (Å²) >= 11 is 0. The van der Waals surface area contributed by atoms with Crippen LogP contribution in [0.1, 0.15) is 16.7 Å². The fraction of sp³-hybridized carbons (Fsp3) is 0.480. The van der Waals surface area contributed by atoms with Crippen molar-refractivity contribution in [3.63, 3.8) is 0 Å². The Labute approximate surface area is 198 Å². The van der Waals surface area contributed by atoms with Crippen LogP contribution in [-0.4, -0.2) is 69.8 Å². The van der Waals surface area contributed by atoms with E-state index in [1.165, 1.54) is 22.9 Å². The third-order valence-electron chi connectivity index (χ3n) is 6.61. The molecular formula is C25H31F3N4O2. The van der Waals surface area contributed by atoms with Crippen molar-refractivity contribution >= 4 is 23.0 Å². The Hall–Kier alpha value is -2.78. The molecule has 2 heterocycles. The molecule has 2 aliphatic rings. The van der Waals surface area contributed by atoms with Crippen LogP contribution in [0.15, 0.2) is 36.4 Å². The molecule has 1 amide bonds. The summed E-state index contributed by atoms with van der Waals surface area (Å²) in [5.74, 6) is -0.311. The summed E-state index contributed by atoms with van der Waals surface area (Å²) in [6, 6.07) is 9.79. The van der Waals surface area contributed by atoms with Crippen LogP contribution in [-0.2, 0) is 15.7 Å². The minimum absolute atomic E-state index is 0.138. The van der Waals surface area contributed by atoms with Crippen molar-refractivity contribution in [3.05, 3.63) is 53.1 Å². The number of alkyl halides is 3. The maximum atomic E-state index is 13.3. The fourth-order valence-corrected chi connectivity index (χ4v) is 4.51. The molecule has 2 saturated heterocycles. The Morgan fingerprint density at radius 2 is 1.62 bits per heavy atom. The van der Waals surface area contributed by atoms with E-state index in [1.807, 2.05) is 9.80 Å². The van der Waals surface area contributed by atoms with Gasteiger partial charge in [0, 0.05) is 45.0 Å². The van der Waals surface area contributed by atoms with Crippen LogP contribution in [0.4, 0.5) is 30.2 Å². The highest BCUT2D eigenvalue weighted by Gasteiger charge is 2.32. The number of benzene rings is 2. The van der Waals surface area contributed by atoms with Gasteiger partial charge in [-0.25, -0.2) is 0 Å². The first-order chi connectivity index (χ1) is 16.2. The van der Waals surface area contributed by atoms with E-state index in [4.69, 9.17) is 4.74 Å². The Kier molecular flexibility index (Phi) is 7.33. The van der Waals surface area contributed by atoms with Crippen molar-refractivity contribution in [2.45, 2.75) is 20.0 Å². The zero-order valence-corrected chi connectivity index (χ0v) is 19.6. The van der Waals surface area contributed by atoms with Crippen LogP contribution in [0.5, 0.6) is 0 Å². The summed E-state index contributed by atoms with van der Waals surface area (Å²) in [5.41, 5.74) is 3.72. The molecule has 2 fully saturated rings. The SMILES string of the molecule is Cc1cccc(N2CCN(CC(=O)Nc3cc(C(F)(F)F)ccc3N3CCOCC3)CC2)c1C. The minimum atomic E-state index is -4.48. The quantitative estimate of drug-likeness (QED) is 0.709. The lowest BCUT2D eigenvalue weighted by atomic mass is 10.1. The Balaban J connectivity index is 1.41. The third kappa shape index (κ3) is 5.64. The van der Waals surface area contributed by atoms with E-state index in [9.17, 15) is 18.0 Å². The molecule has 34 heavy (non-hydrogen) atoms. The summed E-state index contributed by atoms with van der Waals surface area (Å²) in [6.45, 7) is 9.48. The number of amides is 1. The van der Waals surface area contributed by atoms with E-state index < -0.39 is 11.7 Å². The average Bonchev–Trinajstić information content (AvgIpc) is 2.81. The molecule has 0 aliphatic carbocycles. The topological polar surface area (TPSA) is 48.0 Å². The van der Waals surface area contributed by atoms with E-state index in [2.05, 4.69) is 42.3 Å². The van der Waals surface area contributed by atoms with E-state index >= 15 is 0 Å². The Morgan fingerprint density at radius 3 is 2.29 bits per heavy atom. The van der Waals surface area contributed by atoms with Crippen LogP contribution in [0.25, 0.3) is 0 Å². The number of carbonyl (C=O) groups excluding carboxylic acids is 1. The number of aryl methyl sites for hydroxylation is 1. The molecular weight excluding hydrogens is 445 g/mol. The zero-order chi connectivity index (χ0) is 24.3. The highest BCUT2D eigenvalue weighted by Crippen LogP contribution is 2.36. The summed E-state index contributed by atoms with van der Waals surface area (Å²) < 4.78 is 45.3. The van der Waals surface area contributed by atoms with Gasteiger partial charge in [-0.2, -0.15) is 13.2 Å². The molecule has 9 heteroatoms. The smallest absolute Gasteiger partial charge is 0.378 e. The first-order valence-corrected chi connectivity index (χ1v) is 11.6. The van der Waals surface area contributed by atoms with Gasteiger partial charge in [-0.05, 0) is 49.2 Å². The lowest BCUT2D eigenvalue weighted by molar-refractivity contribution is -0.137. The van der Waals surface area contributed by atoms with Crippen LogP contribution in [0.2, 0.25) is 0 Å². The van der Waals surface area contributed by atoms with Crippen LogP contribution in [0.3, 0.4) is 0 Å². The van der Waals surface area contributed by atoms with E-state index in [0.29, 0.717) is 45.1 Å². The van der Waals surface area contributed by atoms with Crippen LogP contribution >= 0.6 is 0 Å². The number of hydrogen-bond donors (Lipinski definition) is 1. The second-order valence-electron chi connectivity index (χ2n) is 8.86. The van der Waals surface area contributed by atoms with Gasteiger partial charge in [-0.15, -0.1) is 0 Å². The maximum Gasteiger partial charge on any atom is 0.416 e. The highest BCUT2D eigenvalue weighted by atomic mass is 19.4. The third-order valence-corrected chi connectivity index (χ3v) is 6.61. The van der Waals surface area contributed by atoms with Crippen molar-refractivity contribution < 1.29 is 22.7 Å². The largest absolute Gasteiger partial charge is 0.416 e. The number of nitrogens with zero attached hydrogens (tertiary/aromatic N) is 3. The minimum Gasteiger partial charge on any atom is -0.378 e. The molecule has 0 unspecified atom stereocenters. The van der Waals surface area contributed by atoms with Gasteiger partial charge < -0.3 is 19.9 Å². The number of rotatable bonds is 5. The summed E-state index contributed by atoms with van der Waals surface area (Å²) in [7, 11) is 0. The second kappa shape index (κ2) is 10.2. The molecule has 6 nitrogen and oxygen atoms in total. The molecule has 0 saturated carbocycles. The first kappa shape index (κ1) is 24.3. The standard InChI is InChI=1S/C25H31F3N4O2/c1-18-4-3-5-22(19(18)2)31-10-8-30(9-11-31)17-24(33)29-21-16-20(25(26,27)28)6-7-23(21)32-12-14-34-15-13-32/h3-7,16H,8-15,17H2,1-2H3,(H,29,33). The molecule has 184 valence electrons. The van der Waals surface area contributed by atoms with Crippen LogP contribution in [0, 0.1) is 13.8 Å². The fourth-order valence-electron chi connectivity index (χ4n) is 4.51. The van der Waals surface area contributed by atoms with Gasteiger partial charge >= 0.3 is 6.18 Å². The predicted molar refractivity (Wildman–Crippen MR) is 128 cm³/mol. The summed E-state index contributed by atoms with van der Waals surface area (Å²) in [5, 5.41) is 2.75. The average molecular weight is 477 g/mol. The number of ether oxygens (including phenoxy) is 1. The Morgan fingerprint density at radius 1 is 0.941 bits per heavy atom. The van der Waals surface area contributed by atoms with Crippen molar-refractivity contribution in [2.24, 2.45) is 0 Å². The number of halogens is 3. The van der Waals surface area contributed by atoms with Gasteiger partial charge in [0.15, 0.2) is 0 Å². The molecule has 0 radical (unpaired) electrons. The molecule has 2 aromatic rings. The number of nitrogens with one attached hydrogen (secondary N) is 1. The lowest BCUT2D eigenvalue weighted by Crippen LogP contribution is -2.49. The molecule has 0 atom stereocenters. The summed E-state index contributed by atoms with van der Waals surface area (Å²) in [4.78, 5) is 19.1. The van der Waals surface area contributed by atoms with Crippen molar-refractivity contribution in [1.82, 2.24) is 4.90 Å². The second-order valence-corrected chi connectivity index (χ2v) is 8.86. The molecule has 0 aromatic heterocycles. The molecule has 0 spiro atoms. The first-order valence-electron chi connectivity index (χ1n) is 11.6. The number of hydrogen-bond acceptors (Lipinski definition) is 5. The lowest BCUT2D eigenvalue weighted by Gasteiger charge is -2.36. The molecule has 4 rings (SSSR count). The van der Waals surface area contributed by atoms with Gasteiger partial charge in [-0.1, -0.05) is 12.1 Å². The van der Waals surface area contributed by atoms with Crippen LogP contribution < -0.4 is 15.1 Å². The Bertz CT molecular complexity index is 1010. The van der Waals surface area contributed by atoms with E-state index in [-0.39, 0.29) is 18.1 Å². The van der Waals surface area contributed by atoms with Crippen molar-refractivity contribution in [1.29, 1.82) is 0 Å². The normalized spacial score (nSPS) is 17.7. The predicted octanol–water partition coefficient (Wildman–Crippen LogP) is 3.92. The number of piperazine rings is 1. The van der Waals surface area contributed by atoms with Crippen molar-refractivity contribution in [2.75, 3.05) is 74.1 Å². The molecule has 0 bridgehead atoms. The zero-order valence-electron chi connectivity index (χ0n) is 19.6. The van der Waals surface area contributed by atoms with Gasteiger partial charge in [0.2, 0.25) is 5.91 Å². The highest BCUT2D eigenvalue weighted by molar-refractivity contribution is 5.96. The maximum absolute atomic E-state index is 13.3. The van der Waals surface area contributed by atoms with Gasteiger partial charge in [0.25, 0.3) is 0 Å². The molecule has 1 N–H and O–H groups in total. The monoisotopic (exact) mass is 476 g/mol. The van der Waals surface area contributed by atoms with E-state index in [1.54, 1.807) is 0 Å². The van der Waals surface area contributed by atoms with Crippen molar-refractivity contribution in [3.8, 4) is 0 Å². The van der Waals surface area contributed by atoms with E-state index in [0.717, 1.165) is 25.2 Å². The molecule has 2 aliphatic heterocycles. The summed E-state index contributed by atoms with van der Waals surface area (Å²) in [6.07, 6.45) is -4.48.